The fourth-order valence-electron chi connectivity index (χ4n) is 3.63. The molecule has 2 N–H and O–H groups in total. The fourth-order valence-corrected chi connectivity index (χ4v) is 3.63. The van der Waals surface area contributed by atoms with E-state index in [1.54, 1.807) is 12.1 Å². The van der Waals surface area contributed by atoms with Crippen LogP contribution in [-0.4, -0.2) is 29.6 Å². The Labute approximate surface area is 199 Å². The fraction of sp³-hybridized carbons (Fsp3) is 0.179. The summed E-state index contributed by atoms with van der Waals surface area (Å²) in [6.07, 6.45) is 2.82. The van der Waals surface area contributed by atoms with Crippen LogP contribution in [0.15, 0.2) is 73.3 Å². The number of methoxy groups -OCH3 is 1. The maximum atomic E-state index is 11.7. The summed E-state index contributed by atoms with van der Waals surface area (Å²) in [7, 11) is 1.38. The summed E-state index contributed by atoms with van der Waals surface area (Å²) in [4.78, 5) is 21.1. The molecule has 34 heavy (non-hydrogen) atoms. The van der Waals surface area contributed by atoms with Gasteiger partial charge in [-0.2, -0.15) is 4.98 Å². The first-order valence-electron chi connectivity index (χ1n) is 11.3. The first-order chi connectivity index (χ1) is 16.6. The molecular formula is C28H28N4O2. The molecule has 4 rings (SSSR count). The summed E-state index contributed by atoms with van der Waals surface area (Å²) < 4.78 is 4.77. The van der Waals surface area contributed by atoms with Gasteiger partial charge in [-0.3, -0.25) is 0 Å². The molecule has 6 heteroatoms. The van der Waals surface area contributed by atoms with Crippen molar-refractivity contribution in [1.29, 1.82) is 0 Å². The number of nitrogens with zero attached hydrogens (tertiary/aromatic N) is 2. The van der Waals surface area contributed by atoms with Crippen molar-refractivity contribution in [3.8, 4) is 11.1 Å². The third-order valence-electron chi connectivity index (χ3n) is 5.54. The highest BCUT2D eigenvalue weighted by Crippen LogP contribution is 2.28. The van der Waals surface area contributed by atoms with Gasteiger partial charge in [-0.1, -0.05) is 62.0 Å². The van der Waals surface area contributed by atoms with E-state index in [4.69, 9.17) is 14.7 Å². The minimum absolute atomic E-state index is 0.345. The van der Waals surface area contributed by atoms with Gasteiger partial charge in [0.25, 0.3) is 0 Å². The van der Waals surface area contributed by atoms with Crippen molar-refractivity contribution in [1.82, 2.24) is 9.97 Å². The normalized spacial score (nSPS) is 10.6. The van der Waals surface area contributed by atoms with Gasteiger partial charge in [0.15, 0.2) is 0 Å². The van der Waals surface area contributed by atoms with Crippen molar-refractivity contribution < 1.29 is 9.53 Å². The third-order valence-corrected chi connectivity index (χ3v) is 5.54. The Bertz CT molecular complexity index is 1300. The molecule has 0 atom stereocenters. The molecule has 3 aromatic carbocycles. The Morgan fingerprint density at radius 1 is 0.971 bits per heavy atom. The Hall–Kier alpha value is -4.19. The molecule has 0 aliphatic carbocycles. The van der Waals surface area contributed by atoms with Crippen LogP contribution in [0.4, 0.5) is 11.8 Å². The van der Waals surface area contributed by atoms with E-state index in [2.05, 4.69) is 66.6 Å². The van der Waals surface area contributed by atoms with Crippen LogP contribution in [0.25, 0.3) is 28.1 Å². The van der Waals surface area contributed by atoms with Crippen LogP contribution in [0, 0.1) is 0 Å². The second-order valence-corrected chi connectivity index (χ2v) is 7.92. The standard InChI is InChI=1S/C28H28N4O2/c1-4-16-29-28-31-25-17-23(21-10-6-19(5-2)7-11-21)14-15-24(25)26(32-28)30-18-20-8-12-22(13-9-20)27(33)34-3/h5-15,17H,2,4,16,18H2,1,3H3,(H2,29,30,31,32). The lowest BCUT2D eigenvalue weighted by Crippen LogP contribution is -2.09. The molecule has 0 fully saturated rings. The van der Waals surface area contributed by atoms with Crippen molar-refractivity contribution >= 4 is 34.7 Å². The molecule has 0 aliphatic rings. The summed E-state index contributed by atoms with van der Waals surface area (Å²) in [5.74, 6) is 1.01. The second-order valence-electron chi connectivity index (χ2n) is 7.92. The van der Waals surface area contributed by atoms with E-state index in [0.717, 1.165) is 51.9 Å². The quantitative estimate of drug-likeness (QED) is 0.296. The minimum Gasteiger partial charge on any atom is -0.465 e. The molecule has 0 amide bonds. The molecule has 0 aliphatic heterocycles. The van der Waals surface area contributed by atoms with E-state index in [-0.39, 0.29) is 5.97 Å². The van der Waals surface area contributed by atoms with Crippen LogP contribution >= 0.6 is 0 Å². The van der Waals surface area contributed by atoms with Gasteiger partial charge >= 0.3 is 5.97 Å². The summed E-state index contributed by atoms with van der Waals surface area (Å²) in [6.45, 7) is 7.28. The average molecular weight is 453 g/mol. The Kier molecular flexibility index (Phi) is 7.18. The SMILES string of the molecule is C=Cc1ccc(-c2ccc3c(NCc4ccc(C(=O)OC)cc4)nc(NCCC)nc3c2)cc1. The van der Waals surface area contributed by atoms with Gasteiger partial charge in [-0.15, -0.1) is 0 Å². The van der Waals surface area contributed by atoms with Gasteiger partial charge < -0.3 is 15.4 Å². The van der Waals surface area contributed by atoms with Gasteiger partial charge in [0, 0.05) is 18.5 Å². The number of carbonyl (C=O) groups is 1. The van der Waals surface area contributed by atoms with E-state index in [1.165, 1.54) is 7.11 Å². The van der Waals surface area contributed by atoms with E-state index in [9.17, 15) is 4.79 Å². The first kappa shape index (κ1) is 23.0. The number of benzene rings is 3. The Balaban J connectivity index is 1.64. The maximum absolute atomic E-state index is 11.7. The number of rotatable bonds is 9. The van der Waals surface area contributed by atoms with Crippen molar-refractivity contribution in [3.05, 3.63) is 90.0 Å². The summed E-state index contributed by atoms with van der Waals surface area (Å²) in [6, 6.07) is 21.9. The number of carbonyl (C=O) groups excluding carboxylic acids is 1. The van der Waals surface area contributed by atoms with Crippen LogP contribution in [0.3, 0.4) is 0 Å². The topological polar surface area (TPSA) is 76.1 Å². The largest absolute Gasteiger partial charge is 0.465 e. The van der Waals surface area contributed by atoms with Crippen LogP contribution < -0.4 is 10.6 Å². The lowest BCUT2D eigenvalue weighted by atomic mass is 10.0. The molecule has 0 bridgehead atoms. The average Bonchev–Trinajstić information content (AvgIpc) is 2.90. The summed E-state index contributed by atoms with van der Waals surface area (Å²) in [5, 5.41) is 7.68. The number of fused-ring (bicyclic) bond motifs is 1. The van der Waals surface area contributed by atoms with Crippen LogP contribution in [0.5, 0.6) is 0 Å². The van der Waals surface area contributed by atoms with Crippen LogP contribution in [-0.2, 0) is 11.3 Å². The summed E-state index contributed by atoms with van der Waals surface area (Å²) in [5.41, 5.74) is 5.72. The summed E-state index contributed by atoms with van der Waals surface area (Å²) >= 11 is 0. The van der Waals surface area contributed by atoms with Crippen molar-refractivity contribution in [2.45, 2.75) is 19.9 Å². The number of ether oxygens (including phenoxy) is 1. The molecule has 0 radical (unpaired) electrons. The molecule has 0 unspecified atom stereocenters. The highest BCUT2D eigenvalue weighted by atomic mass is 16.5. The lowest BCUT2D eigenvalue weighted by molar-refractivity contribution is 0.0600. The third kappa shape index (κ3) is 5.23. The molecule has 0 saturated carbocycles. The molecule has 6 nitrogen and oxygen atoms in total. The number of hydrogen-bond acceptors (Lipinski definition) is 6. The van der Waals surface area contributed by atoms with Gasteiger partial charge in [0.1, 0.15) is 5.82 Å². The zero-order valence-corrected chi connectivity index (χ0v) is 19.5. The van der Waals surface area contributed by atoms with Gasteiger partial charge in [-0.25, -0.2) is 9.78 Å². The predicted molar refractivity (Wildman–Crippen MR) is 139 cm³/mol. The molecule has 1 heterocycles. The van der Waals surface area contributed by atoms with Crippen LogP contribution in [0.2, 0.25) is 0 Å². The molecular weight excluding hydrogens is 424 g/mol. The number of esters is 1. The molecule has 172 valence electrons. The second kappa shape index (κ2) is 10.6. The number of nitrogens with one attached hydrogen (secondary N) is 2. The van der Waals surface area contributed by atoms with Crippen molar-refractivity contribution in [3.63, 3.8) is 0 Å². The zero-order chi connectivity index (χ0) is 23.9. The predicted octanol–water partition coefficient (Wildman–Crippen LogP) is 6.16. The van der Waals surface area contributed by atoms with E-state index >= 15 is 0 Å². The highest BCUT2D eigenvalue weighted by Gasteiger charge is 2.10. The van der Waals surface area contributed by atoms with Gasteiger partial charge in [-0.05, 0) is 52.9 Å². The monoisotopic (exact) mass is 452 g/mol. The maximum Gasteiger partial charge on any atom is 0.337 e. The highest BCUT2D eigenvalue weighted by molar-refractivity contribution is 5.93. The molecule has 0 spiro atoms. The zero-order valence-electron chi connectivity index (χ0n) is 19.5. The minimum atomic E-state index is -0.345. The van der Waals surface area contributed by atoms with E-state index in [0.29, 0.717) is 18.1 Å². The van der Waals surface area contributed by atoms with E-state index in [1.807, 2.05) is 18.2 Å². The number of hydrogen-bond donors (Lipinski definition) is 2. The number of anilines is 2. The molecule has 0 saturated heterocycles. The van der Waals surface area contributed by atoms with Gasteiger partial charge in [0.05, 0.1) is 18.2 Å². The van der Waals surface area contributed by atoms with E-state index < -0.39 is 0 Å². The van der Waals surface area contributed by atoms with Crippen LogP contribution in [0.1, 0.15) is 34.8 Å². The molecule has 4 aromatic rings. The first-order valence-corrected chi connectivity index (χ1v) is 11.3. The van der Waals surface area contributed by atoms with Gasteiger partial charge in [0.2, 0.25) is 5.95 Å². The molecule has 1 aromatic heterocycles. The smallest absolute Gasteiger partial charge is 0.337 e. The Morgan fingerprint density at radius 2 is 1.71 bits per heavy atom. The number of aromatic nitrogens is 2. The van der Waals surface area contributed by atoms with Crippen molar-refractivity contribution in [2.24, 2.45) is 0 Å². The Morgan fingerprint density at radius 3 is 2.38 bits per heavy atom. The lowest BCUT2D eigenvalue weighted by Gasteiger charge is -2.13. The van der Waals surface area contributed by atoms with Crippen molar-refractivity contribution in [2.75, 3.05) is 24.3 Å².